The van der Waals surface area contributed by atoms with Crippen LogP contribution < -0.4 is 14.9 Å². The van der Waals surface area contributed by atoms with Crippen LogP contribution in [0.4, 0.5) is 11.4 Å². The second-order valence-electron chi connectivity index (χ2n) is 6.72. The van der Waals surface area contributed by atoms with Gasteiger partial charge in [0.1, 0.15) is 0 Å². The van der Waals surface area contributed by atoms with Gasteiger partial charge in [-0.2, -0.15) is 0 Å². The summed E-state index contributed by atoms with van der Waals surface area (Å²) in [6.45, 7) is 3.49. The molecule has 7 heteroatoms. The zero-order valence-electron chi connectivity index (χ0n) is 16.2. The van der Waals surface area contributed by atoms with Crippen molar-refractivity contribution in [1.82, 2.24) is 4.72 Å². The Morgan fingerprint density at radius 1 is 1.07 bits per heavy atom. The van der Waals surface area contributed by atoms with Crippen LogP contribution in [0.25, 0.3) is 0 Å². The minimum atomic E-state index is -3.58. The molecule has 0 saturated carbocycles. The molecule has 0 bridgehead atoms. The summed E-state index contributed by atoms with van der Waals surface area (Å²) in [4.78, 5) is 13.4. The standard InChI is InChI=1S/C20H27N3O3S/c1-15-14-18(22-16(2)24)9-12-20(15)27(25,26)21-13-5-6-17-7-10-19(11-8-17)23(3)4/h7-12,14,21H,5-6,13H2,1-4H3,(H,22,24). The third-order valence-corrected chi connectivity index (χ3v) is 5.79. The maximum Gasteiger partial charge on any atom is 0.240 e. The molecule has 0 aliphatic carbocycles. The largest absolute Gasteiger partial charge is 0.378 e. The van der Waals surface area contributed by atoms with Crippen molar-refractivity contribution in [3.8, 4) is 0 Å². The van der Waals surface area contributed by atoms with Gasteiger partial charge in [0.15, 0.2) is 0 Å². The molecule has 2 aromatic carbocycles. The van der Waals surface area contributed by atoms with Gasteiger partial charge in [-0.25, -0.2) is 13.1 Å². The van der Waals surface area contributed by atoms with Crippen molar-refractivity contribution < 1.29 is 13.2 Å². The molecule has 27 heavy (non-hydrogen) atoms. The number of carbonyl (C=O) groups excluding carboxylic acids is 1. The lowest BCUT2D eigenvalue weighted by Gasteiger charge is -2.13. The van der Waals surface area contributed by atoms with Gasteiger partial charge in [-0.1, -0.05) is 12.1 Å². The molecule has 0 unspecified atom stereocenters. The van der Waals surface area contributed by atoms with E-state index in [-0.39, 0.29) is 10.8 Å². The van der Waals surface area contributed by atoms with E-state index in [2.05, 4.69) is 34.3 Å². The zero-order chi connectivity index (χ0) is 20.0. The monoisotopic (exact) mass is 389 g/mol. The molecule has 0 atom stereocenters. The van der Waals surface area contributed by atoms with Crippen LogP contribution in [-0.2, 0) is 21.2 Å². The molecule has 0 aliphatic rings. The van der Waals surface area contributed by atoms with E-state index in [9.17, 15) is 13.2 Å². The number of amides is 1. The summed E-state index contributed by atoms with van der Waals surface area (Å²) in [5.41, 5.74) is 3.49. The third kappa shape index (κ3) is 6.08. The Balaban J connectivity index is 1.92. The number of sulfonamides is 1. The highest BCUT2D eigenvalue weighted by molar-refractivity contribution is 7.89. The van der Waals surface area contributed by atoms with Crippen LogP contribution in [0.2, 0.25) is 0 Å². The van der Waals surface area contributed by atoms with Crippen molar-refractivity contribution in [2.24, 2.45) is 0 Å². The molecule has 0 fully saturated rings. The quantitative estimate of drug-likeness (QED) is 0.681. The molecule has 0 spiro atoms. The van der Waals surface area contributed by atoms with E-state index < -0.39 is 10.0 Å². The van der Waals surface area contributed by atoms with E-state index in [0.29, 0.717) is 24.2 Å². The average molecular weight is 390 g/mol. The third-order valence-electron chi connectivity index (χ3n) is 4.17. The predicted octanol–water partition coefficient (Wildman–Crippen LogP) is 2.93. The second kappa shape index (κ2) is 9.01. The first-order chi connectivity index (χ1) is 12.7. The van der Waals surface area contributed by atoms with Crippen molar-refractivity contribution in [3.05, 3.63) is 53.6 Å². The molecule has 2 N–H and O–H groups in total. The van der Waals surface area contributed by atoms with Crippen molar-refractivity contribution >= 4 is 27.3 Å². The van der Waals surface area contributed by atoms with Crippen LogP contribution in [0.3, 0.4) is 0 Å². The van der Waals surface area contributed by atoms with Crippen LogP contribution in [-0.4, -0.2) is 35.0 Å². The van der Waals surface area contributed by atoms with E-state index in [0.717, 1.165) is 12.1 Å². The van der Waals surface area contributed by atoms with Gasteiger partial charge in [-0.3, -0.25) is 4.79 Å². The molecule has 0 heterocycles. The molecular formula is C20H27N3O3S. The van der Waals surface area contributed by atoms with Crippen molar-refractivity contribution in [2.45, 2.75) is 31.6 Å². The summed E-state index contributed by atoms with van der Waals surface area (Å²) in [6.07, 6.45) is 1.51. The fourth-order valence-electron chi connectivity index (χ4n) is 2.77. The van der Waals surface area contributed by atoms with Gasteiger partial charge < -0.3 is 10.2 Å². The van der Waals surface area contributed by atoms with E-state index in [1.165, 1.54) is 18.6 Å². The highest BCUT2D eigenvalue weighted by Gasteiger charge is 2.16. The smallest absolute Gasteiger partial charge is 0.240 e. The summed E-state index contributed by atoms with van der Waals surface area (Å²) in [7, 11) is 0.411. The van der Waals surface area contributed by atoms with Crippen molar-refractivity contribution in [3.63, 3.8) is 0 Å². The van der Waals surface area contributed by atoms with Crippen LogP contribution in [0, 0.1) is 6.92 Å². The minimum absolute atomic E-state index is 0.193. The van der Waals surface area contributed by atoms with Crippen LogP contribution in [0.1, 0.15) is 24.5 Å². The maximum atomic E-state index is 12.5. The van der Waals surface area contributed by atoms with E-state index >= 15 is 0 Å². The number of benzene rings is 2. The number of anilines is 2. The first-order valence-electron chi connectivity index (χ1n) is 8.83. The Hall–Kier alpha value is -2.38. The molecule has 6 nitrogen and oxygen atoms in total. The number of nitrogens with one attached hydrogen (secondary N) is 2. The SMILES string of the molecule is CC(=O)Nc1ccc(S(=O)(=O)NCCCc2ccc(N(C)C)cc2)c(C)c1. The molecule has 2 aromatic rings. The topological polar surface area (TPSA) is 78.5 Å². The highest BCUT2D eigenvalue weighted by atomic mass is 32.2. The fraction of sp³-hybridized carbons (Fsp3) is 0.350. The molecule has 2 rings (SSSR count). The lowest BCUT2D eigenvalue weighted by molar-refractivity contribution is -0.114. The second-order valence-corrected chi connectivity index (χ2v) is 8.46. The molecule has 0 saturated heterocycles. The summed E-state index contributed by atoms with van der Waals surface area (Å²) in [6, 6.07) is 13.0. The number of aryl methyl sites for hydroxylation is 2. The maximum absolute atomic E-state index is 12.5. The first-order valence-corrected chi connectivity index (χ1v) is 10.3. The van der Waals surface area contributed by atoms with Gasteiger partial charge in [0.05, 0.1) is 4.90 Å². The normalized spacial score (nSPS) is 11.3. The van der Waals surface area contributed by atoms with Gasteiger partial charge in [-0.05, 0) is 61.2 Å². The summed E-state index contributed by atoms with van der Waals surface area (Å²) < 4.78 is 27.7. The number of nitrogens with zero attached hydrogens (tertiary/aromatic N) is 1. The molecule has 0 aromatic heterocycles. The molecule has 146 valence electrons. The molecule has 0 radical (unpaired) electrons. The van der Waals surface area contributed by atoms with Gasteiger partial charge in [0.25, 0.3) is 0 Å². The van der Waals surface area contributed by atoms with E-state index in [1.54, 1.807) is 19.1 Å². The van der Waals surface area contributed by atoms with Gasteiger partial charge >= 0.3 is 0 Å². The number of hydrogen-bond donors (Lipinski definition) is 2. The van der Waals surface area contributed by atoms with Crippen LogP contribution >= 0.6 is 0 Å². The van der Waals surface area contributed by atoms with Gasteiger partial charge in [0, 0.05) is 38.9 Å². The van der Waals surface area contributed by atoms with E-state index in [1.807, 2.05) is 19.0 Å². The van der Waals surface area contributed by atoms with E-state index in [4.69, 9.17) is 0 Å². The van der Waals surface area contributed by atoms with Gasteiger partial charge in [-0.15, -0.1) is 0 Å². The Labute approximate surface area is 161 Å². The van der Waals surface area contributed by atoms with Crippen LogP contribution in [0.5, 0.6) is 0 Å². The van der Waals surface area contributed by atoms with Crippen molar-refractivity contribution in [1.29, 1.82) is 0 Å². The predicted molar refractivity (Wildman–Crippen MR) is 110 cm³/mol. The molecular weight excluding hydrogens is 362 g/mol. The Kier molecular flexibility index (Phi) is 6.98. The van der Waals surface area contributed by atoms with Crippen molar-refractivity contribution in [2.75, 3.05) is 30.9 Å². The summed E-state index contributed by atoms with van der Waals surface area (Å²) in [5.74, 6) is -0.193. The fourth-order valence-corrected chi connectivity index (χ4v) is 4.07. The lowest BCUT2D eigenvalue weighted by Crippen LogP contribution is -2.26. The van der Waals surface area contributed by atoms with Gasteiger partial charge in [0.2, 0.25) is 15.9 Å². The number of rotatable bonds is 8. The van der Waals surface area contributed by atoms with Crippen LogP contribution in [0.15, 0.2) is 47.4 Å². The first kappa shape index (κ1) is 20.9. The average Bonchev–Trinajstić information content (AvgIpc) is 2.58. The Morgan fingerprint density at radius 3 is 2.30 bits per heavy atom. The zero-order valence-corrected chi connectivity index (χ0v) is 17.1. The Bertz CT molecular complexity index is 891. The summed E-state index contributed by atoms with van der Waals surface area (Å²) >= 11 is 0. The minimum Gasteiger partial charge on any atom is -0.378 e. The number of hydrogen-bond acceptors (Lipinski definition) is 4. The molecule has 1 amide bonds. The summed E-state index contributed by atoms with van der Waals surface area (Å²) in [5, 5.41) is 2.65. The number of carbonyl (C=O) groups is 1. The molecule has 0 aliphatic heterocycles. The lowest BCUT2D eigenvalue weighted by atomic mass is 10.1. The Morgan fingerprint density at radius 2 is 1.74 bits per heavy atom. The highest BCUT2D eigenvalue weighted by Crippen LogP contribution is 2.20.